The van der Waals surface area contributed by atoms with E-state index in [1.165, 1.54) is 5.56 Å². The predicted octanol–water partition coefficient (Wildman–Crippen LogP) is 5.26. The molecule has 0 fully saturated rings. The molecule has 0 spiro atoms. The minimum Gasteiger partial charge on any atom is -0.497 e. The van der Waals surface area contributed by atoms with Gasteiger partial charge in [-0.25, -0.2) is 0 Å². The van der Waals surface area contributed by atoms with Gasteiger partial charge in [0, 0.05) is 19.4 Å². The van der Waals surface area contributed by atoms with Crippen LogP contribution in [0, 0.1) is 0 Å². The fraction of sp³-hybridized carbons (Fsp3) is 0.517. The van der Waals surface area contributed by atoms with E-state index in [1.54, 1.807) is 14.0 Å². The van der Waals surface area contributed by atoms with Crippen molar-refractivity contribution in [3.8, 4) is 11.5 Å². The molecule has 0 heterocycles. The number of para-hydroxylation sites is 1. The van der Waals surface area contributed by atoms with Gasteiger partial charge in [-0.1, -0.05) is 43.2 Å². The molecule has 0 aliphatic carbocycles. The van der Waals surface area contributed by atoms with Gasteiger partial charge in [0.2, 0.25) is 0 Å². The Hall–Kier alpha value is -2.86. The second kappa shape index (κ2) is 15.9. The van der Waals surface area contributed by atoms with Crippen molar-refractivity contribution in [1.29, 1.82) is 0 Å². The Bertz CT molecular complexity index is 894. The summed E-state index contributed by atoms with van der Waals surface area (Å²) >= 11 is 0. The summed E-state index contributed by atoms with van der Waals surface area (Å²) in [5.74, 6) is 1.70. The quantitative estimate of drug-likeness (QED) is 0.226. The summed E-state index contributed by atoms with van der Waals surface area (Å²) in [6, 6.07) is 16.1. The maximum absolute atomic E-state index is 12.4. The lowest BCUT2D eigenvalue weighted by molar-refractivity contribution is -0.151. The minimum absolute atomic E-state index is 0.195. The summed E-state index contributed by atoms with van der Waals surface area (Å²) in [5.41, 5.74) is 2.37. The van der Waals surface area contributed by atoms with Crippen molar-refractivity contribution in [1.82, 2.24) is 4.90 Å². The summed E-state index contributed by atoms with van der Waals surface area (Å²) in [6.07, 6.45) is 5.97. The second-order valence-electron chi connectivity index (χ2n) is 9.26. The second-order valence-corrected chi connectivity index (χ2v) is 9.26. The number of ether oxygens (including phenoxy) is 3. The maximum Gasteiger partial charge on any atom is 0.306 e. The first-order valence-electron chi connectivity index (χ1n) is 12.5. The first-order valence-corrected chi connectivity index (χ1v) is 12.5. The summed E-state index contributed by atoms with van der Waals surface area (Å²) in [4.78, 5) is 25.4. The van der Waals surface area contributed by atoms with Crippen molar-refractivity contribution in [3.05, 3.63) is 59.7 Å². The van der Waals surface area contributed by atoms with E-state index in [9.17, 15) is 9.59 Å². The molecule has 0 aliphatic rings. The van der Waals surface area contributed by atoms with Crippen LogP contribution in [-0.2, 0) is 27.2 Å². The number of hydrogen-bond acceptors (Lipinski definition) is 6. The first-order chi connectivity index (χ1) is 16.9. The van der Waals surface area contributed by atoms with Crippen LogP contribution in [0.15, 0.2) is 48.5 Å². The fourth-order valence-electron chi connectivity index (χ4n) is 3.88. The lowest BCUT2D eigenvalue weighted by atomic mass is 10.0. The van der Waals surface area contributed by atoms with Gasteiger partial charge in [0.25, 0.3) is 0 Å². The summed E-state index contributed by atoms with van der Waals surface area (Å²) in [6.45, 7) is 2.52. The van der Waals surface area contributed by atoms with Gasteiger partial charge in [-0.05, 0) is 76.0 Å². The highest BCUT2D eigenvalue weighted by molar-refractivity contribution is 5.75. The summed E-state index contributed by atoms with van der Waals surface area (Å²) in [7, 11) is 5.58. The fourth-order valence-corrected chi connectivity index (χ4v) is 3.88. The normalized spacial score (nSPS) is 11.8. The van der Waals surface area contributed by atoms with E-state index in [-0.39, 0.29) is 17.9 Å². The van der Waals surface area contributed by atoms with E-state index in [0.29, 0.717) is 26.0 Å². The molecular formula is C29H41NO5. The number of benzene rings is 2. The van der Waals surface area contributed by atoms with Crippen LogP contribution in [-0.4, -0.2) is 57.1 Å². The van der Waals surface area contributed by atoms with Gasteiger partial charge in [-0.3, -0.25) is 4.79 Å². The Morgan fingerprint density at radius 3 is 2.23 bits per heavy atom. The molecule has 0 radical (unpaired) electrons. The number of hydrogen-bond donors (Lipinski definition) is 0. The number of methoxy groups -OCH3 is 1. The molecule has 2 aromatic carbocycles. The van der Waals surface area contributed by atoms with E-state index in [4.69, 9.17) is 14.2 Å². The number of aryl methyl sites for hydroxylation is 2. The van der Waals surface area contributed by atoms with Gasteiger partial charge in [0.1, 0.15) is 30.0 Å². The zero-order chi connectivity index (χ0) is 25.5. The molecule has 0 aromatic heterocycles. The average Bonchev–Trinajstić information content (AvgIpc) is 2.83. The third-order valence-corrected chi connectivity index (χ3v) is 5.77. The molecule has 0 bridgehead atoms. The minimum atomic E-state index is -0.343. The summed E-state index contributed by atoms with van der Waals surface area (Å²) < 4.78 is 17.1. The number of carbonyl (C=O) groups excluding carboxylic acids is 2. The highest BCUT2D eigenvalue weighted by Gasteiger charge is 2.17. The van der Waals surface area contributed by atoms with Crippen LogP contribution in [0.5, 0.6) is 11.5 Å². The smallest absolute Gasteiger partial charge is 0.306 e. The van der Waals surface area contributed by atoms with Crippen molar-refractivity contribution in [2.24, 2.45) is 0 Å². The maximum atomic E-state index is 12.4. The van der Waals surface area contributed by atoms with Crippen molar-refractivity contribution in [3.63, 3.8) is 0 Å². The topological polar surface area (TPSA) is 65.1 Å². The Balaban J connectivity index is 1.84. The SMILES string of the molecule is COc1ccc(CCc2ccccc2OCC(CN(C)C)OC(=O)CCCCCCC(C)=O)cc1. The van der Waals surface area contributed by atoms with Crippen LogP contribution in [0.25, 0.3) is 0 Å². The molecule has 1 atom stereocenters. The van der Waals surface area contributed by atoms with E-state index in [1.807, 2.05) is 49.3 Å². The lowest BCUT2D eigenvalue weighted by Crippen LogP contribution is -2.35. The van der Waals surface area contributed by atoms with Crippen LogP contribution >= 0.6 is 0 Å². The Morgan fingerprint density at radius 2 is 1.57 bits per heavy atom. The first kappa shape index (κ1) is 28.4. The van der Waals surface area contributed by atoms with Gasteiger partial charge >= 0.3 is 5.97 Å². The standard InChI is InChI=1S/C29H41NO5/c1-23(31)11-7-5-6-8-14-29(32)35-27(21-30(2)3)22-34-28-13-10-9-12-25(28)18-15-24-16-19-26(33-4)20-17-24/h9-10,12-13,16-17,19-20,27H,5-8,11,14-15,18,21-22H2,1-4H3. The molecule has 0 saturated carbocycles. The largest absolute Gasteiger partial charge is 0.497 e. The molecular weight excluding hydrogens is 442 g/mol. The number of rotatable bonds is 17. The number of unbranched alkanes of at least 4 members (excludes halogenated alkanes) is 3. The number of likely N-dealkylation sites (N-methyl/N-ethyl adjacent to an activating group) is 1. The van der Waals surface area contributed by atoms with Crippen LogP contribution in [0.2, 0.25) is 0 Å². The van der Waals surface area contributed by atoms with E-state index in [2.05, 4.69) is 18.2 Å². The monoisotopic (exact) mass is 483 g/mol. The molecule has 0 aliphatic heterocycles. The number of nitrogens with zero attached hydrogens (tertiary/aromatic N) is 1. The van der Waals surface area contributed by atoms with Gasteiger partial charge in [0.15, 0.2) is 0 Å². The Labute approximate surface area is 210 Å². The summed E-state index contributed by atoms with van der Waals surface area (Å²) in [5, 5.41) is 0. The molecule has 6 heteroatoms. The molecule has 6 nitrogen and oxygen atoms in total. The van der Waals surface area contributed by atoms with Gasteiger partial charge in [0.05, 0.1) is 7.11 Å². The molecule has 35 heavy (non-hydrogen) atoms. The molecule has 0 amide bonds. The Morgan fingerprint density at radius 1 is 0.886 bits per heavy atom. The van der Waals surface area contributed by atoms with Crippen molar-refractivity contribution < 1.29 is 23.8 Å². The number of esters is 1. The molecule has 2 aromatic rings. The molecule has 0 saturated heterocycles. The van der Waals surface area contributed by atoms with E-state index >= 15 is 0 Å². The van der Waals surface area contributed by atoms with Crippen LogP contribution in [0.1, 0.15) is 56.6 Å². The van der Waals surface area contributed by atoms with Crippen molar-refractivity contribution in [2.75, 3.05) is 34.4 Å². The van der Waals surface area contributed by atoms with Crippen molar-refractivity contribution >= 4 is 11.8 Å². The van der Waals surface area contributed by atoms with Crippen LogP contribution in [0.4, 0.5) is 0 Å². The third kappa shape index (κ3) is 11.9. The average molecular weight is 484 g/mol. The van der Waals surface area contributed by atoms with Gasteiger partial charge in [-0.15, -0.1) is 0 Å². The van der Waals surface area contributed by atoms with Crippen LogP contribution in [0.3, 0.4) is 0 Å². The number of carbonyl (C=O) groups is 2. The number of ketones is 1. The third-order valence-electron chi connectivity index (χ3n) is 5.77. The van der Waals surface area contributed by atoms with Gasteiger partial charge < -0.3 is 23.9 Å². The predicted molar refractivity (Wildman–Crippen MR) is 139 cm³/mol. The molecule has 0 N–H and O–H groups in total. The highest BCUT2D eigenvalue weighted by atomic mass is 16.6. The van der Waals surface area contributed by atoms with Crippen molar-refractivity contribution in [2.45, 2.75) is 64.4 Å². The number of Topliss-reactive ketones (excluding diaryl/α,β-unsaturated/α-hetero) is 1. The van der Waals surface area contributed by atoms with E-state index in [0.717, 1.165) is 55.6 Å². The van der Waals surface area contributed by atoms with E-state index < -0.39 is 0 Å². The van der Waals surface area contributed by atoms with Crippen LogP contribution < -0.4 is 9.47 Å². The molecule has 192 valence electrons. The highest BCUT2D eigenvalue weighted by Crippen LogP contribution is 2.21. The zero-order valence-electron chi connectivity index (χ0n) is 21.8. The lowest BCUT2D eigenvalue weighted by Gasteiger charge is -2.22. The van der Waals surface area contributed by atoms with Gasteiger partial charge in [-0.2, -0.15) is 0 Å². The molecule has 2 rings (SSSR count). The Kier molecular flexibility index (Phi) is 12.9. The zero-order valence-corrected chi connectivity index (χ0v) is 21.8. The molecule has 1 unspecified atom stereocenters.